The molecule has 0 unspecified atom stereocenters. The first-order valence-electron chi connectivity index (χ1n) is 6.15. The quantitative estimate of drug-likeness (QED) is 0.886. The van der Waals surface area contributed by atoms with Gasteiger partial charge in [0.2, 0.25) is 0 Å². The van der Waals surface area contributed by atoms with Gasteiger partial charge < -0.3 is 10.4 Å². The predicted octanol–water partition coefficient (Wildman–Crippen LogP) is 3.44. The van der Waals surface area contributed by atoms with Crippen LogP contribution in [0.5, 0.6) is 0 Å². The molecule has 0 amide bonds. The molecule has 2 rings (SSSR count). The van der Waals surface area contributed by atoms with Gasteiger partial charge in [0.1, 0.15) is 0 Å². The van der Waals surface area contributed by atoms with Crippen LogP contribution in [0.15, 0.2) is 42.5 Å². The molecule has 0 saturated carbocycles. The Labute approximate surface area is 121 Å². The third-order valence-corrected chi connectivity index (χ3v) is 3.31. The van der Waals surface area contributed by atoms with E-state index < -0.39 is 17.7 Å². The largest absolute Gasteiger partial charge is 0.387 e. The number of benzene rings is 2. The van der Waals surface area contributed by atoms with Gasteiger partial charge in [-0.3, -0.25) is 0 Å². The molecular formula is C15H14ClF2NO. The number of aliphatic hydroxyl groups excluding tert-OH is 1. The van der Waals surface area contributed by atoms with Gasteiger partial charge in [-0.1, -0.05) is 35.9 Å². The molecular weight excluding hydrogens is 284 g/mol. The van der Waals surface area contributed by atoms with Crippen LogP contribution in [0.2, 0.25) is 5.02 Å². The highest BCUT2D eigenvalue weighted by atomic mass is 35.5. The van der Waals surface area contributed by atoms with Crippen LogP contribution in [0, 0.1) is 11.6 Å². The van der Waals surface area contributed by atoms with Crippen molar-refractivity contribution in [3.63, 3.8) is 0 Å². The van der Waals surface area contributed by atoms with Crippen molar-refractivity contribution >= 4 is 11.6 Å². The summed E-state index contributed by atoms with van der Waals surface area (Å²) in [6, 6.07) is 10.7. The molecule has 0 saturated heterocycles. The van der Waals surface area contributed by atoms with E-state index in [1.165, 1.54) is 6.07 Å². The second-order valence-electron chi connectivity index (χ2n) is 4.41. The number of hydrogen-bond donors (Lipinski definition) is 2. The van der Waals surface area contributed by atoms with Crippen molar-refractivity contribution in [2.45, 2.75) is 12.6 Å². The molecule has 1 atom stereocenters. The van der Waals surface area contributed by atoms with Crippen molar-refractivity contribution in [2.75, 3.05) is 6.54 Å². The lowest BCUT2D eigenvalue weighted by Crippen LogP contribution is -2.21. The predicted molar refractivity (Wildman–Crippen MR) is 74.5 cm³/mol. The van der Waals surface area contributed by atoms with Gasteiger partial charge in [0.05, 0.1) is 6.10 Å². The van der Waals surface area contributed by atoms with Crippen LogP contribution in [0.1, 0.15) is 17.2 Å². The Morgan fingerprint density at radius 2 is 1.85 bits per heavy atom. The SMILES string of the molecule is O[C@H](CNCc1ccccc1Cl)c1ccc(F)c(F)c1. The molecule has 0 radical (unpaired) electrons. The summed E-state index contributed by atoms with van der Waals surface area (Å²) in [5, 5.41) is 13.6. The van der Waals surface area contributed by atoms with E-state index in [4.69, 9.17) is 11.6 Å². The first-order chi connectivity index (χ1) is 9.58. The molecule has 0 spiro atoms. The van der Waals surface area contributed by atoms with Crippen LogP contribution in [0.3, 0.4) is 0 Å². The number of nitrogens with one attached hydrogen (secondary N) is 1. The third-order valence-electron chi connectivity index (χ3n) is 2.94. The van der Waals surface area contributed by atoms with Gasteiger partial charge in [-0.05, 0) is 29.3 Å². The summed E-state index contributed by atoms with van der Waals surface area (Å²) < 4.78 is 25.8. The van der Waals surface area contributed by atoms with Crippen LogP contribution in [0.4, 0.5) is 8.78 Å². The number of hydrogen-bond acceptors (Lipinski definition) is 2. The highest BCUT2D eigenvalue weighted by Gasteiger charge is 2.10. The van der Waals surface area contributed by atoms with E-state index in [9.17, 15) is 13.9 Å². The first-order valence-corrected chi connectivity index (χ1v) is 6.53. The van der Waals surface area contributed by atoms with E-state index in [0.29, 0.717) is 17.1 Å². The normalized spacial score (nSPS) is 12.4. The van der Waals surface area contributed by atoms with Crippen molar-refractivity contribution in [1.29, 1.82) is 0 Å². The molecule has 2 nitrogen and oxygen atoms in total. The Kier molecular flexibility index (Phi) is 5.06. The molecule has 20 heavy (non-hydrogen) atoms. The number of rotatable bonds is 5. The van der Waals surface area contributed by atoms with Crippen molar-refractivity contribution in [1.82, 2.24) is 5.32 Å². The van der Waals surface area contributed by atoms with Gasteiger partial charge in [0.25, 0.3) is 0 Å². The average molecular weight is 298 g/mol. The molecule has 0 heterocycles. The zero-order chi connectivity index (χ0) is 14.5. The van der Waals surface area contributed by atoms with Gasteiger partial charge in [0, 0.05) is 18.1 Å². The molecule has 0 aliphatic heterocycles. The monoisotopic (exact) mass is 297 g/mol. The molecule has 106 valence electrons. The Balaban J connectivity index is 1.90. The molecule has 2 N–H and O–H groups in total. The lowest BCUT2D eigenvalue weighted by Gasteiger charge is -2.13. The fourth-order valence-electron chi connectivity index (χ4n) is 1.82. The fourth-order valence-corrected chi connectivity index (χ4v) is 2.03. The standard InChI is InChI=1S/C15H14ClF2NO/c16-12-4-2-1-3-11(12)8-19-9-15(20)10-5-6-13(17)14(18)7-10/h1-7,15,19-20H,8-9H2/t15-/m1/s1. The summed E-state index contributed by atoms with van der Waals surface area (Å²) in [6.07, 6.45) is -0.910. The van der Waals surface area contributed by atoms with Crippen molar-refractivity contribution in [2.24, 2.45) is 0 Å². The van der Waals surface area contributed by atoms with Crippen LogP contribution < -0.4 is 5.32 Å². The molecule has 0 fully saturated rings. The number of halogens is 3. The highest BCUT2D eigenvalue weighted by Crippen LogP contribution is 2.17. The lowest BCUT2D eigenvalue weighted by atomic mass is 10.1. The Morgan fingerprint density at radius 3 is 2.55 bits per heavy atom. The van der Waals surface area contributed by atoms with Crippen molar-refractivity contribution in [3.8, 4) is 0 Å². The van der Waals surface area contributed by atoms with Crippen LogP contribution >= 0.6 is 11.6 Å². The molecule has 0 aliphatic rings. The third kappa shape index (κ3) is 3.76. The minimum Gasteiger partial charge on any atom is -0.387 e. The second-order valence-corrected chi connectivity index (χ2v) is 4.82. The number of aliphatic hydroxyl groups is 1. The lowest BCUT2D eigenvalue weighted by molar-refractivity contribution is 0.173. The van der Waals surface area contributed by atoms with Crippen LogP contribution in [-0.2, 0) is 6.54 Å². The Bertz CT molecular complexity index is 592. The van der Waals surface area contributed by atoms with E-state index in [-0.39, 0.29) is 6.54 Å². The van der Waals surface area contributed by atoms with Crippen molar-refractivity contribution in [3.05, 3.63) is 70.2 Å². The first kappa shape index (κ1) is 14.9. The minimum absolute atomic E-state index is 0.219. The van der Waals surface area contributed by atoms with E-state index in [1.54, 1.807) is 6.07 Å². The maximum atomic E-state index is 13.1. The zero-order valence-electron chi connectivity index (χ0n) is 10.6. The summed E-state index contributed by atoms with van der Waals surface area (Å²) in [7, 11) is 0. The summed E-state index contributed by atoms with van der Waals surface area (Å²) in [5.74, 6) is -1.89. The fraction of sp³-hybridized carbons (Fsp3) is 0.200. The summed E-state index contributed by atoms with van der Waals surface area (Å²) >= 11 is 6.00. The summed E-state index contributed by atoms with van der Waals surface area (Å²) in [5.41, 5.74) is 1.24. The molecule has 0 aliphatic carbocycles. The van der Waals surface area contributed by atoms with Gasteiger partial charge in [-0.15, -0.1) is 0 Å². The van der Waals surface area contributed by atoms with Crippen LogP contribution in [-0.4, -0.2) is 11.7 Å². The molecule has 0 bridgehead atoms. The van der Waals surface area contributed by atoms with Gasteiger partial charge in [0.15, 0.2) is 11.6 Å². The van der Waals surface area contributed by atoms with Gasteiger partial charge in [-0.2, -0.15) is 0 Å². The summed E-state index contributed by atoms with van der Waals surface area (Å²) in [4.78, 5) is 0. The van der Waals surface area contributed by atoms with Gasteiger partial charge >= 0.3 is 0 Å². The smallest absolute Gasteiger partial charge is 0.159 e. The van der Waals surface area contributed by atoms with Crippen LogP contribution in [0.25, 0.3) is 0 Å². The van der Waals surface area contributed by atoms with Crippen molar-refractivity contribution < 1.29 is 13.9 Å². The molecule has 2 aromatic carbocycles. The highest BCUT2D eigenvalue weighted by molar-refractivity contribution is 6.31. The van der Waals surface area contributed by atoms with E-state index in [2.05, 4.69) is 5.32 Å². The topological polar surface area (TPSA) is 32.3 Å². The molecule has 5 heteroatoms. The zero-order valence-corrected chi connectivity index (χ0v) is 11.4. The molecule has 0 aromatic heterocycles. The Hall–Kier alpha value is -1.49. The van der Waals surface area contributed by atoms with E-state index >= 15 is 0 Å². The minimum atomic E-state index is -0.965. The molecule has 2 aromatic rings. The summed E-state index contributed by atoms with van der Waals surface area (Å²) in [6.45, 7) is 0.705. The maximum absolute atomic E-state index is 13.1. The maximum Gasteiger partial charge on any atom is 0.159 e. The average Bonchev–Trinajstić information content (AvgIpc) is 2.44. The second kappa shape index (κ2) is 6.79. The van der Waals surface area contributed by atoms with E-state index in [0.717, 1.165) is 17.7 Å². The Morgan fingerprint density at radius 1 is 1.10 bits per heavy atom. The van der Waals surface area contributed by atoms with E-state index in [1.807, 2.05) is 18.2 Å². The van der Waals surface area contributed by atoms with Gasteiger partial charge in [-0.25, -0.2) is 8.78 Å².